The first-order valence-electron chi connectivity index (χ1n) is 9.04. The average molecular weight is 465 g/mol. The highest BCUT2D eigenvalue weighted by Crippen LogP contribution is 2.30. The van der Waals surface area contributed by atoms with Crippen molar-refractivity contribution in [2.24, 2.45) is 5.92 Å². The number of likely N-dealkylation sites (tertiary alicyclic amines) is 1. The maximum Gasteiger partial charge on any atom is 0.407 e. The van der Waals surface area contributed by atoms with Gasteiger partial charge in [0.05, 0.1) is 16.4 Å². The molecule has 2 N–H and O–H groups in total. The first-order valence-corrected chi connectivity index (χ1v) is 10.2. The third-order valence-corrected chi connectivity index (χ3v) is 5.92. The number of anilines is 1. The molecule has 1 aromatic carbocycles. The van der Waals surface area contributed by atoms with E-state index in [9.17, 15) is 4.79 Å². The average Bonchev–Trinajstić information content (AvgIpc) is 3.08. The number of hydrogen-bond acceptors (Lipinski definition) is 4. The van der Waals surface area contributed by atoms with Crippen LogP contribution in [0.5, 0.6) is 0 Å². The standard InChI is InChI=1S/C19H19BrClN5O2/c20-14-11-23-26-17(22-10-12-5-7-25(8-6-12)19(27)28)9-16(24-18(14)26)13-3-1-2-4-15(13)21/h1-4,9,11-12,22H,5-8,10H2,(H,27,28). The van der Waals surface area contributed by atoms with Crippen LogP contribution >= 0.6 is 27.5 Å². The minimum atomic E-state index is -0.840. The van der Waals surface area contributed by atoms with Crippen molar-refractivity contribution in [1.82, 2.24) is 19.5 Å². The molecule has 0 saturated carbocycles. The van der Waals surface area contributed by atoms with E-state index in [0.717, 1.165) is 40.9 Å². The molecule has 1 aliphatic heterocycles. The minimum absolute atomic E-state index is 0.404. The Morgan fingerprint density at radius 1 is 1.32 bits per heavy atom. The summed E-state index contributed by atoms with van der Waals surface area (Å²) in [5, 5.41) is 17.6. The van der Waals surface area contributed by atoms with Crippen molar-refractivity contribution in [1.29, 1.82) is 0 Å². The van der Waals surface area contributed by atoms with Gasteiger partial charge in [0.1, 0.15) is 5.82 Å². The highest BCUT2D eigenvalue weighted by molar-refractivity contribution is 9.10. The Hall–Kier alpha value is -2.32. The molecule has 9 heteroatoms. The van der Waals surface area contributed by atoms with E-state index in [1.54, 1.807) is 10.7 Å². The van der Waals surface area contributed by atoms with Crippen molar-refractivity contribution < 1.29 is 9.90 Å². The maximum atomic E-state index is 11.1. The predicted molar refractivity (Wildman–Crippen MR) is 112 cm³/mol. The Labute approximate surface area is 175 Å². The van der Waals surface area contributed by atoms with Crippen LogP contribution < -0.4 is 5.32 Å². The fourth-order valence-electron chi connectivity index (χ4n) is 3.45. The van der Waals surface area contributed by atoms with Gasteiger partial charge in [-0.3, -0.25) is 0 Å². The predicted octanol–water partition coefficient (Wildman–Crippen LogP) is 4.61. The summed E-state index contributed by atoms with van der Waals surface area (Å²) in [6.07, 6.45) is 2.56. The van der Waals surface area contributed by atoms with Crippen molar-refractivity contribution in [2.45, 2.75) is 12.8 Å². The van der Waals surface area contributed by atoms with Crippen molar-refractivity contribution in [2.75, 3.05) is 25.0 Å². The van der Waals surface area contributed by atoms with Gasteiger partial charge in [-0.1, -0.05) is 29.8 Å². The van der Waals surface area contributed by atoms with E-state index < -0.39 is 6.09 Å². The number of nitrogens with zero attached hydrogens (tertiary/aromatic N) is 4. The Morgan fingerprint density at radius 2 is 2.07 bits per heavy atom. The van der Waals surface area contributed by atoms with Crippen LogP contribution in [0.4, 0.5) is 10.6 Å². The molecule has 7 nitrogen and oxygen atoms in total. The van der Waals surface area contributed by atoms with E-state index >= 15 is 0 Å². The molecule has 1 amide bonds. The molecule has 0 atom stereocenters. The summed E-state index contributed by atoms with van der Waals surface area (Å²) in [6.45, 7) is 1.89. The van der Waals surface area contributed by atoms with Crippen LogP contribution in [-0.2, 0) is 0 Å². The van der Waals surface area contributed by atoms with E-state index in [-0.39, 0.29) is 0 Å². The van der Waals surface area contributed by atoms with E-state index in [1.807, 2.05) is 30.3 Å². The molecule has 1 aliphatic rings. The van der Waals surface area contributed by atoms with Crippen LogP contribution in [0.3, 0.4) is 0 Å². The van der Waals surface area contributed by atoms with Gasteiger partial charge in [0, 0.05) is 36.3 Å². The first kappa shape index (κ1) is 19.0. The van der Waals surface area contributed by atoms with Gasteiger partial charge >= 0.3 is 6.09 Å². The second-order valence-corrected chi connectivity index (χ2v) is 8.09. The minimum Gasteiger partial charge on any atom is -0.465 e. The van der Waals surface area contributed by atoms with E-state index in [1.165, 1.54) is 4.90 Å². The van der Waals surface area contributed by atoms with Crippen LogP contribution in [0.2, 0.25) is 5.02 Å². The molecule has 1 saturated heterocycles. The van der Waals surface area contributed by atoms with E-state index in [2.05, 4.69) is 26.3 Å². The largest absolute Gasteiger partial charge is 0.465 e. The van der Waals surface area contributed by atoms with Crippen molar-refractivity contribution in [3.8, 4) is 11.3 Å². The second-order valence-electron chi connectivity index (χ2n) is 6.83. The molecule has 3 heterocycles. The number of hydrogen-bond donors (Lipinski definition) is 2. The Balaban J connectivity index is 1.58. The highest BCUT2D eigenvalue weighted by Gasteiger charge is 2.22. The van der Waals surface area contributed by atoms with Crippen LogP contribution in [0.15, 0.2) is 41.0 Å². The monoisotopic (exact) mass is 463 g/mol. The molecule has 0 bridgehead atoms. The van der Waals surface area contributed by atoms with E-state index in [4.69, 9.17) is 21.7 Å². The number of nitrogens with one attached hydrogen (secondary N) is 1. The number of piperidine rings is 1. The zero-order valence-electron chi connectivity index (χ0n) is 15.0. The first-order chi connectivity index (χ1) is 13.5. The summed E-state index contributed by atoms with van der Waals surface area (Å²) < 4.78 is 2.57. The molecule has 0 aliphatic carbocycles. The molecule has 3 aromatic rings. The molecular formula is C19H19BrClN5O2. The van der Waals surface area contributed by atoms with Crippen molar-refractivity contribution in [3.63, 3.8) is 0 Å². The summed E-state index contributed by atoms with van der Waals surface area (Å²) >= 11 is 9.87. The van der Waals surface area contributed by atoms with Crippen LogP contribution in [0, 0.1) is 5.92 Å². The second kappa shape index (κ2) is 7.97. The lowest BCUT2D eigenvalue weighted by Gasteiger charge is -2.30. The number of halogens is 2. The Bertz CT molecular complexity index is 1020. The Kier molecular flexibility index (Phi) is 5.41. The van der Waals surface area contributed by atoms with Gasteiger partial charge in [0.25, 0.3) is 0 Å². The molecule has 146 valence electrons. The molecule has 0 unspecified atom stereocenters. The molecule has 2 aromatic heterocycles. The van der Waals surface area contributed by atoms with Crippen molar-refractivity contribution in [3.05, 3.63) is 46.0 Å². The summed E-state index contributed by atoms with van der Waals surface area (Å²) in [6, 6.07) is 9.55. The summed E-state index contributed by atoms with van der Waals surface area (Å²) in [7, 11) is 0. The van der Waals surface area contributed by atoms with Gasteiger partial charge in [0.2, 0.25) is 0 Å². The fourth-order valence-corrected chi connectivity index (χ4v) is 4.03. The summed E-state index contributed by atoms with van der Waals surface area (Å²) in [4.78, 5) is 17.2. The van der Waals surface area contributed by atoms with Gasteiger partial charge in [-0.15, -0.1) is 0 Å². The molecule has 1 fully saturated rings. The van der Waals surface area contributed by atoms with Crippen LogP contribution in [-0.4, -0.2) is 50.3 Å². The number of fused-ring (bicyclic) bond motifs is 1. The quantitative estimate of drug-likeness (QED) is 0.589. The van der Waals surface area contributed by atoms with Gasteiger partial charge in [0.15, 0.2) is 5.65 Å². The summed E-state index contributed by atoms with van der Waals surface area (Å²) in [5.41, 5.74) is 2.33. The molecule has 0 spiro atoms. The lowest BCUT2D eigenvalue weighted by atomic mass is 9.97. The third-order valence-electron chi connectivity index (χ3n) is 5.04. The fraction of sp³-hybridized carbons (Fsp3) is 0.316. The molecule has 0 radical (unpaired) electrons. The maximum absolute atomic E-state index is 11.1. The number of benzene rings is 1. The zero-order chi connectivity index (χ0) is 19.7. The molecular weight excluding hydrogens is 446 g/mol. The third kappa shape index (κ3) is 3.79. The normalized spacial score (nSPS) is 15.1. The highest BCUT2D eigenvalue weighted by atomic mass is 79.9. The van der Waals surface area contributed by atoms with Gasteiger partial charge in [-0.25, -0.2) is 9.78 Å². The smallest absolute Gasteiger partial charge is 0.407 e. The lowest BCUT2D eigenvalue weighted by Crippen LogP contribution is -2.39. The zero-order valence-corrected chi connectivity index (χ0v) is 17.3. The lowest BCUT2D eigenvalue weighted by molar-refractivity contribution is 0.126. The number of rotatable bonds is 4. The topological polar surface area (TPSA) is 82.8 Å². The Morgan fingerprint density at radius 3 is 2.79 bits per heavy atom. The number of aromatic nitrogens is 3. The molecule has 4 rings (SSSR count). The number of amides is 1. The molecule has 28 heavy (non-hydrogen) atoms. The van der Waals surface area contributed by atoms with Crippen LogP contribution in [0.1, 0.15) is 12.8 Å². The van der Waals surface area contributed by atoms with Crippen molar-refractivity contribution >= 4 is 45.1 Å². The van der Waals surface area contributed by atoms with Gasteiger partial charge in [-0.05, 0) is 40.8 Å². The summed E-state index contributed by atoms with van der Waals surface area (Å²) in [5.74, 6) is 1.23. The van der Waals surface area contributed by atoms with Gasteiger partial charge < -0.3 is 15.3 Å². The van der Waals surface area contributed by atoms with Crippen LogP contribution in [0.25, 0.3) is 16.9 Å². The number of carbonyl (C=O) groups is 1. The van der Waals surface area contributed by atoms with E-state index in [0.29, 0.717) is 29.7 Å². The SMILES string of the molecule is O=C(O)N1CCC(CNc2cc(-c3ccccc3Cl)nc3c(Br)cnn23)CC1. The number of carboxylic acid groups (broad SMARTS) is 1. The van der Waals surface area contributed by atoms with Gasteiger partial charge in [-0.2, -0.15) is 9.61 Å².